The van der Waals surface area contributed by atoms with Crippen LogP contribution in [0.15, 0.2) is 29.4 Å². The lowest BCUT2D eigenvalue weighted by Crippen LogP contribution is -2.39. The number of hydrogen-bond donors (Lipinski definition) is 1. The third-order valence-electron chi connectivity index (χ3n) is 3.55. The molecule has 0 bridgehead atoms. The molecule has 114 valence electrons. The van der Waals surface area contributed by atoms with Crippen LogP contribution < -0.4 is 5.32 Å². The van der Waals surface area contributed by atoms with E-state index < -0.39 is 0 Å². The summed E-state index contributed by atoms with van der Waals surface area (Å²) in [6.07, 6.45) is 0.803. The summed E-state index contributed by atoms with van der Waals surface area (Å²) in [5, 5.41) is 9.66. The molecule has 0 aliphatic carbocycles. The van der Waals surface area contributed by atoms with E-state index in [0.717, 1.165) is 21.4 Å². The van der Waals surface area contributed by atoms with E-state index in [2.05, 4.69) is 60.7 Å². The van der Waals surface area contributed by atoms with Gasteiger partial charge in [-0.1, -0.05) is 13.0 Å². The van der Waals surface area contributed by atoms with Crippen molar-refractivity contribution in [3.8, 4) is 0 Å². The van der Waals surface area contributed by atoms with Crippen LogP contribution in [0.1, 0.15) is 34.1 Å². The number of carbonyl (C=O) groups excluding carboxylic acids is 1. The Morgan fingerprint density at radius 1 is 1.48 bits per heavy atom. The smallest absolute Gasteiger partial charge is 0.235 e. The van der Waals surface area contributed by atoms with Crippen molar-refractivity contribution in [2.75, 3.05) is 11.9 Å². The number of benzene rings is 1. The van der Waals surface area contributed by atoms with Crippen LogP contribution in [-0.2, 0) is 4.79 Å². The number of rotatable bonds is 3. The van der Waals surface area contributed by atoms with Crippen LogP contribution in [0.2, 0.25) is 0 Å². The molecule has 1 N–H and O–H groups in total. The first-order chi connectivity index (χ1) is 9.81. The van der Waals surface area contributed by atoms with Crippen molar-refractivity contribution < 1.29 is 4.79 Å². The van der Waals surface area contributed by atoms with Gasteiger partial charge in [0.1, 0.15) is 0 Å². The van der Waals surface area contributed by atoms with Crippen LogP contribution >= 0.6 is 22.6 Å². The van der Waals surface area contributed by atoms with Crippen molar-refractivity contribution in [1.29, 1.82) is 0 Å². The van der Waals surface area contributed by atoms with Gasteiger partial charge < -0.3 is 5.32 Å². The van der Waals surface area contributed by atoms with Crippen LogP contribution in [-0.4, -0.2) is 28.7 Å². The van der Waals surface area contributed by atoms with Crippen LogP contribution in [0.4, 0.5) is 5.69 Å². The van der Waals surface area contributed by atoms with Gasteiger partial charge in [-0.25, -0.2) is 0 Å². The maximum Gasteiger partial charge on any atom is 0.235 e. The predicted octanol–water partition coefficient (Wildman–Crippen LogP) is 3.73. The first kappa shape index (κ1) is 16.3. The Morgan fingerprint density at radius 2 is 2.19 bits per heavy atom. The molecule has 1 heterocycles. The molecule has 1 aromatic rings. The van der Waals surface area contributed by atoms with E-state index in [0.29, 0.717) is 6.54 Å². The number of amides is 1. The van der Waals surface area contributed by atoms with Gasteiger partial charge >= 0.3 is 0 Å². The summed E-state index contributed by atoms with van der Waals surface area (Å²) in [5.41, 5.74) is 1.75. The van der Waals surface area contributed by atoms with Gasteiger partial charge in [0.05, 0.1) is 18.2 Å². The van der Waals surface area contributed by atoms with Gasteiger partial charge in [-0.3, -0.25) is 9.80 Å². The molecular formula is C16H22IN3O. The largest absolute Gasteiger partial charge is 0.325 e. The quantitative estimate of drug-likeness (QED) is 0.788. The maximum absolute atomic E-state index is 12.5. The van der Waals surface area contributed by atoms with Gasteiger partial charge in [0.2, 0.25) is 5.91 Å². The zero-order chi connectivity index (χ0) is 15.6. The summed E-state index contributed by atoms with van der Waals surface area (Å²) in [4.78, 5) is 12.5. The SMILES string of the molecule is CCC1=NN(C(C)(C)C)CC1C(=O)Nc1cccc(I)c1. The maximum atomic E-state index is 12.5. The lowest BCUT2D eigenvalue weighted by Gasteiger charge is -2.30. The highest BCUT2D eigenvalue weighted by Gasteiger charge is 2.35. The number of hydrogen-bond acceptors (Lipinski definition) is 3. The summed E-state index contributed by atoms with van der Waals surface area (Å²) in [7, 11) is 0. The van der Waals surface area contributed by atoms with E-state index >= 15 is 0 Å². The van der Waals surface area contributed by atoms with Crippen molar-refractivity contribution in [3.05, 3.63) is 27.8 Å². The van der Waals surface area contributed by atoms with Crippen LogP contribution in [0, 0.1) is 9.49 Å². The summed E-state index contributed by atoms with van der Waals surface area (Å²) >= 11 is 2.24. The molecule has 4 nitrogen and oxygen atoms in total. The van der Waals surface area contributed by atoms with Gasteiger partial charge in [-0.15, -0.1) is 0 Å². The highest BCUT2D eigenvalue weighted by Crippen LogP contribution is 2.25. The third-order valence-corrected chi connectivity index (χ3v) is 4.22. The Balaban J connectivity index is 2.11. The van der Waals surface area contributed by atoms with Crippen molar-refractivity contribution in [2.24, 2.45) is 11.0 Å². The second kappa shape index (κ2) is 6.34. The van der Waals surface area contributed by atoms with E-state index in [1.54, 1.807) is 0 Å². The molecule has 0 spiro atoms. The van der Waals surface area contributed by atoms with E-state index in [4.69, 9.17) is 0 Å². The Bertz CT molecular complexity index is 563. The minimum absolute atomic E-state index is 0.0318. The number of nitrogens with one attached hydrogen (secondary N) is 1. The molecule has 1 atom stereocenters. The van der Waals surface area contributed by atoms with Crippen molar-refractivity contribution in [1.82, 2.24) is 5.01 Å². The van der Waals surface area contributed by atoms with E-state index in [1.165, 1.54) is 0 Å². The van der Waals surface area contributed by atoms with Gasteiger partial charge in [0, 0.05) is 14.8 Å². The Kier molecular flexibility index (Phi) is 4.91. The Hall–Kier alpha value is -1.11. The molecule has 1 unspecified atom stereocenters. The van der Waals surface area contributed by atoms with Gasteiger partial charge in [0.15, 0.2) is 0 Å². The van der Waals surface area contributed by atoms with E-state index in [1.807, 2.05) is 29.3 Å². The molecule has 0 fully saturated rings. The number of halogens is 1. The zero-order valence-corrected chi connectivity index (χ0v) is 15.1. The average Bonchev–Trinajstić information content (AvgIpc) is 2.82. The second-order valence-electron chi connectivity index (χ2n) is 6.25. The second-order valence-corrected chi connectivity index (χ2v) is 7.50. The van der Waals surface area contributed by atoms with Crippen molar-refractivity contribution >= 4 is 39.9 Å². The summed E-state index contributed by atoms with van der Waals surface area (Å²) in [6, 6.07) is 7.84. The molecule has 1 aliphatic rings. The molecular weight excluding hydrogens is 377 g/mol. The van der Waals surface area contributed by atoms with Gasteiger partial charge in [0.25, 0.3) is 0 Å². The number of nitrogens with zero attached hydrogens (tertiary/aromatic N) is 2. The fourth-order valence-electron chi connectivity index (χ4n) is 2.31. The third kappa shape index (κ3) is 3.96. The lowest BCUT2D eigenvalue weighted by atomic mass is 10.00. The average molecular weight is 399 g/mol. The van der Waals surface area contributed by atoms with E-state index in [-0.39, 0.29) is 17.4 Å². The number of anilines is 1. The van der Waals surface area contributed by atoms with Gasteiger partial charge in [-0.05, 0) is 68.0 Å². The normalized spacial score (nSPS) is 18.6. The first-order valence-corrected chi connectivity index (χ1v) is 8.30. The minimum Gasteiger partial charge on any atom is -0.325 e. The molecule has 1 amide bonds. The van der Waals surface area contributed by atoms with Crippen molar-refractivity contribution in [2.45, 2.75) is 39.7 Å². The molecule has 1 aliphatic heterocycles. The molecule has 0 radical (unpaired) electrons. The molecule has 0 saturated carbocycles. The number of hydrazone groups is 1. The van der Waals surface area contributed by atoms with Gasteiger partial charge in [-0.2, -0.15) is 5.10 Å². The minimum atomic E-state index is -0.160. The molecule has 2 rings (SSSR count). The topological polar surface area (TPSA) is 44.7 Å². The van der Waals surface area contributed by atoms with E-state index in [9.17, 15) is 4.79 Å². The highest BCUT2D eigenvalue weighted by molar-refractivity contribution is 14.1. The summed E-state index contributed by atoms with van der Waals surface area (Å²) in [5.74, 6) is -0.128. The monoisotopic (exact) mass is 399 g/mol. The number of carbonyl (C=O) groups is 1. The molecule has 0 saturated heterocycles. The van der Waals surface area contributed by atoms with Crippen LogP contribution in [0.5, 0.6) is 0 Å². The summed E-state index contributed by atoms with van der Waals surface area (Å²) < 4.78 is 1.11. The lowest BCUT2D eigenvalue weighted by molar-refractivity contribution is -0.118. The highest BCUT2D eigenvalue weighted by atomic mass is 127. The first-order valence-electron chi connectivity index (χ1n) is 7.22. The Labute approximate surface area is 140 Å². The fourth-order valence-corrected chi connectivity index (χ4v) is 2.86. The molecule has 1 aromatic carbocycles. The standard InChI is InChI=1S/C16H22IN3O/c1-5-14-13(10-20(19-14)16(2,3)4)15(21)18-12-8-6-7-11(17)9-12/h6-9,13H,5,10H2,1-4H3,(H,18,21). The molecule has 0 aromatic heterocycles. The van der Waals surface area contributed by atoms with Crippen LogP contribution in [0.3, 0.4) is 0 Å². The molecule has 21 heavy (non-hydrogen) atoms. The Morgan fingerprint density at radius 3 is 2.76 bits per heavy atom. The summed E-state index contributed by atoms with van der Waals surface area (Å²) in [6.45, 7) is 9.05. The van der Waals surface area contributed by atoms with Crippen molar-refractivity contribution in [3.63, 3.8) is 0 Å². The fraction of sp³-hybridized carbons (Fsp3) is 0.500. The van der Waals surface area contributed by atoms with Crippen LogP contribution in [0.25, 0.3) is 0 Å². The zero-order valence-electron chi connectivity index (χ0n) is 13.0. The molecule has 5 heteroatoms. The predicted molar refractivity (Wildman–Crippen MR) is 95.5 cm³/mol.